The largest absolute Gasteiger partial charge is 0.467 e. The molecule has 8 heteroatoms. The Morgan fingerprint density at radius 2 is 1.68 bits per heavy atom. The molecule has 0 spiro atoms. The van der Waals surface area contributed by atoms with Crippen LogP contribution in [0.1, 0.15) is 47.3 Å². The Morgan fingerprint density at radius 1 is 1.04 bits per heavy atom. The number of aliphatic hydroxyl groups is 1. The monoisotopic (exact) mass is 432 g/mol. The number of furan rings is 1. The van der Waals surface area contributed by atoms with Crippen LogP contribution in [0.2, 0.25) is 0 Å². The van der Waals surface area contributed by atoms with Crippen LogP contribution in [0.5, 0.6) is 0 Å². The minimum Gasteiger partial charge on any atom is -0.467 e. The molecule has 2 saturated heterocycles. The highest BCUT2D eigenvalue weighted by atomic mass is 32.2. The van der Waals surface area contributed by atoms with Gasteiger partial charge in [0.1, 0.15) is 34.3 Å². The van der Waals surface area contributed by atoms with Gasteiger partial charge in [-0.3, -0.25) is 0 Å². The Morgan fingerprint density at radius 3 is 2.25 bits per heavy atom. The molecule has 1 aromatic heterocycles. The van der Waals surface area contributed by atoms with E-state index in [1.54, 1.807) is 29.8 Å². The molecule has 1 N–H and O–H groups in total. The molecule has 2 aliphatic rings. The van der Waals surface area contributed by atoms with Crippen LogP contribution in [0, 0.1) is 0 Å². The van der Waals surface area contributed by atoms with Crippen LogP contribution in [-0.2, 0) is 23.0 Å². The molecule has 2 aliphatic heterocycles. The molecular weight excluding hydrogens is 400 g/mol. The van der Waals surface area contributed by atoms with Gasteiger partial charge in [-0.05, 0) is 51.3 Å². The summed E-state index contributed by atoms with van der Waals surface area (Å²) in [7, 11) is 0. The number of ether oxygens (including phenoxy) is 4. The van der Waals surface area contributed by atoms with Crippen LogP contribution >= 0.6 is 23.5 Å². The average Bonchev–Trinajstić information content (AvgIpc) is 3.25. The molecule has 28 heavy (non-hydrogen) atoms. The van der Waals surface area contributed by atoms with E-state index in [0.717, 1.165) is 17.3 Å². The quantitative estimate of drug-likeness (QED) is 0.649. The minimum absolute atomic E-state index is 0.195. The van der Waals surface area contributed by atoms with Gasteiger partial charge in [0.05, 0.1) is 12.9 Å². The zero-order valence-electron chi connectivity index (χ0n) is 17.5. The lowest BCUT2D eigenvalue weighted by Gasteiger charge is -2.44. The number of rotatable bonds is 7. The lowest BCUT2D eigenvalue weighted by Crippen LogP contribution is -2.58. The van der Waals surface area contributed by atoms with Crippen LogP contribution in [0.15, 0.2) is 22.8 Å². The molecule has 160 valence electrons. The Labute approximate surface area is 176 Å². The molecule has 2 fully saturated rings. The van der Waals surface area contributed by atoms with E-state index in [1.165, 1.54) is 0 Å². The lowest BCUT2D eigenvalue weighted by molar-refractivity contribution is -0.322. The van der Waals surface area contributed by atoms with Crippen LogP contribution in [0.25, 0.3) is 0 Å². The lowest BCUT2D eigenvalue weighted by atomic mass is 9.98. The summed E-state index contributed by atoms with van der Waals surface area (Å²) in [6.07, 6.45) is -0.533. The normalized spacial score (nSPS) is 32.5. The summed E-state index contributed by atoms with van der Waals surface area (Å²) in [4.78, 5) is 0. The first-order valence-electron chi connectivity index (χ1n) is 9.81. The first-order chi connectivity index (χ1) is 13.1. The predicted octanol–water partition coefficient (Wildman–Crippen LogP) is 3.97. The third-order valence-corrected chi connectivity index (χ3v) is 7.82. The zero-order chi connectivity index (χ0) is 20.6. The molecule has 6 nitrogen and oxygen atoms in total. The number of hydrogen-bond acceptors (Lipinski definition) is 8. The first-order valence-corrected chi connectivity index (χ1v) is 11.8. The van der Waals surface area contributed by atoms with Crippen molar-refractivity contribution in [3.63, 3.8) is 0 Å². The molecule has 0 aliphatic carbocycles. The van der Waals surface area contributed by atoms with E-state index in [4.69, 9.17) is 23.4 Å². The van der Waals surface area contributed by atoms with Crippen molar-refractivity contribution in [1.82, 2.24) is 0 Å². The van der Waals surface area contributed by atoms with Crippen LogP contribution in [-0.4, -0.2) is 59.2 Å². The van der Waals surface area contributed by atoms with Crippen molar-refractivity contribution >= 4 is 23.5 Å². The predicted molar refractivity (Wildman–Crippen MR) is 111 cm³/mol. The Kier molecular flexibility index (Phi) is 6.81. The van der Waals surface area contributed by atoms with Gasteiger partial charge in [0.25, 0.3) is 0 Å². The Balaban J connectivity index is 2.03. The minimum atomic E-state index is -0.804. The SMILES string of the molecule is CCSC(SCC)(c1ccco1)[C@H]1OC(C)(C)O[C@H]1[C@@H]1OC(C)(C)OC[C@H]1O. The van der Waals surface area contributed by atoms with Crippen LogP contribution in [0.4, 0.5) is 0 Å². The molecular formula is C20H32O6S2. The Bertz CT molecular complexity index is 627. The summed E-state index contributed by atoms with van der Waals surface area (Å²) < 4.78 is 29.9. The first kappa shape index (κ1) is 22.5. The third-order valence-electron chi connectivity index (χ3n) is 4.81. The summed E-state index contributed by atoms with van der Waals surface area (Å²) in [5.74, 6) is 0.991. The van der Waals surface area contributed by atoms with Gasteiger partial charge in [-0.1, -0.05) is 13.8 Å². The number of thioether (sulfide) groups is 2. The van der Waals surface area contributed by atoms with Crippen molar-refractivity contribution in [3.8, 4) is 0 Å². The fourth-order valence-corrected chi connectivity index (χ4v) is 6.93. The van der Waals surface area contributed by atoms with Crippen molar-refractivity contribution in [2.24, 2.45) is 0 Å². The fraction of sp³-hybridized carbons (Fsp3) is 0.800. The van der Waals surface area contributed by atoms with Crippen molar-refractivity contribution in [2.75, 3.05) is 18.1 Å². The molecule has 1 aromatic rings. The van der Waals surface area contributed by atoms with Gasteiger partial charge in [-0.15, -0.1) is 23.5 Å². The average molecular weight is 433 g/mol. The van der Waals surface area contributed by atoms with E-state index in [1.807, 2.05) is 39.8 Å². The van der Waals surface area contributed by atoms with Crippen LogP contribution < -0.4 is 0 Å². The van der Waals surface area contributed by atoms with Crippen molar-refractivity contribution < 1.29 is 28.5 Å². The zero-order valence-corrected chi connectivity index (χ0v) is 19.1. The van der Waals surface area contributed by atoms with Gasteiger partial charge >= 0.3 is 0 Å². The van der Waals surface area contributed by atoms with E-state index < -0.39 is 34.0 Å². The second kappa shape index (κ2) is 8.49. The van der Waals surface area contributed by atoms with Gasteiger partial charge < -0.3 is 28.5 Å². The number of hydrogen-bond donors (Lipinski definition) is 1. The molecule has 4 atom stereocenters. The van der Waals surface area contributed by atoms with Crippen molar-refractivity contribution in [1.29, 1.82) is 0 Å². The van der Waals surface area contributed by atoms with Gasteiger partial charge in [-0.25, -0.2) is 0 Å². The van der Waals surface area contributed by atoms with Gasteiger partial charge in [0, 0.05) is 0 Å². The van der Waals surface area contributed by atoms with Gasteiger partial charge in [0.15, 0.2) is 11.6 Å². The maximum atomic E-state index is 10.7. The number of aliphatic hydroxyl groups excluding tert-OH is 1. The maximum Gasteiger partial charge on any atom is 0.164 e. The van der Waals surface area contributed by atoms with Gasteiger partial charge in [-0.2, -0.15) is 0 Å². The highest BCUT2D eigenvalue weighted by molar-refractivity contribution is 8.17. The molecule has 0 amide bonds. The Hall–Kier alpha value is -0.220. The molecule has 0 radical (unpaired) electrons. The smallest absolute Gasteiger partial charge is 0.164 e. The molecule has 0 bridgehead atoms. The topological polar surface area (TPSA) is 70.3 Å². The van der Waals surface area contributed by atoms with E-state index in [-0.39, 0.29) is 12.7 Å². The highest BCUT2D eigenvalue weighted by Gasteiger charge is 2.60. The molecule has 3 rings (SSSR count). The standard InChI is InChI=1S/C20H32O6S2/c1-7-27-20(28-8-2,14-10-9-11-22-14)17-16(25-19(5,6)26-17)15-13(21)12-23-18(3,4)24-15/h9-11,13,15-17,21H,7-8,12H2,1-6H3/t13-,15-,16+,17+/m1/s1. The molecule has 0 saturated carbocycles. The van der Waals surface area contributed by atoms with E-state index >= 15 is 0 Å². The van der Waals surface area contributed by atoms with E-state index in [2.05, 4.69) is 13.8 Å². The second-order valence-corrected chi connectivity index (χ2v) is 11.2. The van der Waals surface area contributed by atoms with E-state index in [0.29, 0.717) is 0 Å². The summed E-state index contributed by atoms with van der Waals surface area (Å²) in [6.45, 7) is 11.9. The van der Waals surface area contributed by atoms with Crippen molar-refractivity contribution in [2.45, 2.75) is 81.6 Å². The van der Waals surface area contributed by atoms with Crippen molar-refractivity contribution in [3.05, 3.63) is 24.2 Å². The molecule has 0 aromatic carbocycles. The summed E-state index contributed by atoms with van der Waals surface area (Å²) in [5, 5.41) is 10.7. The van der Waals surface area contributed by atoms with Gasteiger partial charge in [0.2, 0.25) is 0 Å². The fourth-order valence-electron chi connectivity index (χ4n) is 3.82. The summed E-state index contributed by atoms with van der Waals surface area (Å²) in [5.41, 5.74) is 0. The summed E-state index contributed by atoms with van der Waals surface area (Å²) >= 11 is 3.54. The highest BCUT2D eigenvalue weighted by Crippen LogP contribution is 2.55. The second-order valence-electron chi connectivity index (χ2n) is 7.89. The van der Waals surface area contributed by atoms with Crippen LogP contribution in [0.3, 0.4) is 0 Å². The van der Waals surface area contributed by atoms with E-state index in [9.17, 15) is 5.11 Å². The summed E-state index contributed by atoms with van der Waals surface area (Å²) in [6, 6.07) is 3.89. The maximum absolute atomic E-state index is 10.7. The molecule has 3 heterocycles. The third kappa shape index (κ3) is 4.43. The molecule has 0 unspecified atom stereocenters.